The van der Waals surface area contributed by atoms with Crippen molar-refractivity contribution in [1.29, 1.82) is 0 Å². The van der Waals surface area contributed by atoms with E-state index < -0.39 is 0 Å². The second-order valence-electron chi connectivity index (χ2n) is 8.52. The quantitative estimate of drug-likeness (QED) is 0.551. The number of rotatable bonds is 2. The average Bonchev–Trinajstić information content (AvgIpc) is 3.12. The van der Waals surface area contributed by atoms with Crippen LogP contribution in [0.4, 0.5) is 5.95 Å². The van der Waals surface area contributed by atoms with Crippen molar-refractivity contribution >= 4 is 34.9 Å². The van der Waals surface area contributed by atoms with Crippen LogP contribution in [0.1, 0.15) is 31.9 Å². The number of hydrogen-bond acceptors (Lipinski definition) is 4. The van der Waals surface area contributed by atoms with Gasteiger partial charge in [-0.05, 0) is 23.1 Å². The predicted molar refractivity (Wildman–Crippen MR) is 119 cm³/mol. The number of carbonyl (C=O) groups is 1. The average molecular weight is 439 g/mol. The zero-order chi connectivity index (χ0) is 21.0. The second-order valence-corrected chi connectivity index (χ2v) is 9.34. The molecule has 2 aromatic carbocycles. The summed E-state index contributed by atoms with van der Waals surface area (Å²) in [6, 6.07) is 14.9. The maximum Gasteiger partial charge on any atom is 0.226 e. The van der Waals surface area contributed by atoms with Gasteiger partial charge < -0.3 is 5.32 Å². The minimum atomic E-state index is -0.381. The standard InChI is InChI=1S/C23H20Cl2N4O/c1-23(2)11-17-19(18(30)12-23)20(14-8-9-15(24)16(25)10-14)29-22(26-17)27-21(28-29)13-6-4-3-5-7-13/h3-11,19-20H,12H2,1-2H3,(H,26,27,28)/t19-,20-/m1/s1. The largest absolute Gasteiger partial charge is 0.328 e. The molecule has 7 heteroatoms. The van der Waals surface area contributed by atoms with E-state index in [1.54, 1.807) is 10.7 Å². The Balaban J connectivity index is 1.71. The van der Waals surface area contributed by atoms with Gasteiger partial charge in [0.05, 0.1) is 22.0 Å². The molecule has 5 nitrogen and oxygen atoms in total. The summed E-state index contributed by atoms with van der Waals surface area (Å²) in [5.74, 6) is 1.00. The van der Waals surface area contributed by atoms with Crippen molar-refractivity contribution < 1.29 is 4.79 Å². The Morgan fingerprint density at radius 1 is 1.10 bits per heavy atom. The number of benzene rings is 2. The monoisotopic (exact) mass is 438 g/mol. The lowest BCUT2D eigenvalue weighted by Crippen LogP contribution is -2.42. The van der Waals surface area contributed by atoms with Gasteiger partial charge in [-0.1, -0.05) is 79.5 Å². The number of allylic oxidation sites excluding steroid dienone is 2. The number of hydrogen-bond donors (Lipinski definition) is 1. The molecule has 0 fully saturated rings. The fraction of sp³-hybridized carbons (Fsp3) is 0.261. The minimum absolute atomic E-state index is 0.170. The third kappa shape index (κ3) is 3.22. The number of nitrogens with zero attached hydrogens (tertiary/aromatic N) is 3. The van der Waals surface area contributed by atoms with Crippen LogP contribution in [0.3, 0.4) is 0 Å². The molecule has 2 aliphatic rings. The molecule has 1 aromatic heterocycles. The van der Waals surface area contributed by atoms with Crippen LogP contribution in [0.25, 0.3) is 11.4 Å². The van der Waals surface area contributed by atoms with Crippen LogP contribution in [-0.4, -0.2) is 20.5 Å². The summed E-state index contributed by atoms with van der Waals surface area (Å²) in [5, 5.41) is 9.08. The van der Waals surface area contributed by atoms with E-state index >= 15 is 0 Å². The number of ketones is 1. The molecule has 1 aliphatic heterocycles. The molecule has 1 N–H and O–H groups in total. The molecule has 30 heavy (non-hydrogen) atoms. The molecule has 0 amide bonds. The maximum atomic E-state index is 13.3. The van der Waals surface area contributed by atoms with Crippen molar-refractivity contribution in [2.45, 2.75) is 26.3 Å². The van der Waals surface area contributed by atoms with Gasteiger partial charge in [0.1, 0.15) is 5.78 Å². The van der Waals surface area contributed by atoms with Crippen LogP contribution in [0.2, 0.25) is 10.0 Å². The van der Waals surface area contributed by atoms with Gasteiger partial charge in [0.15, 0.2) is 5.82 Å². The Morgan fingerprint density at radius 3 is 2.60 bits per heavy atom. The van der Waals surface area contributed by atoms with E-state index in [0.29, 0.717) is 28.2 Å². The molecule has 5 rings (SSSR count). The number of aromatic nitrogens is 3. The maximum absolute atomic E-state index is 13.3. The van der Waals surface area contributed by atoms with Gasteiger partial charge in [-0.25, -0.2) is 4.68 Å². The van der Waals surface area contributed by atoms with E-state index in [1.807, 2.05) is 42.5 Å². The van der Waals surface area contributed by atoms with E-state index in [2.05, 4.69) is 25.2 Å². The second kappa shape index (κ2) is 6.96. The van der Waals surface area contributed by atoms with Gasteiger partial charge in [-0.2, -0.15) is 4.98 Å². The highest BCUT2D eigenvalue weighted by Crippen LogP contribution is 2.46. The van der Waals surface area contributed by atoms with Gasteiger partial charge in [-0.15, -0.1) is 5.10 Å². The number of halogens is 2. The summed E-state index contributed by atoms with van der Waals surface area (Å²) in [6.45, 7) is 4.14. The van der Waals surface area contributed by atoms with Crippen molar-refractivity contribution in [2.75, 3.05) is 5.32 Å². The van der Waals surface area contributed by atoms with Gasteiger partial charge >= 0.3 is 0 Å². The SMILES string of the molecule is CC1(C)C=C2Nc3nc(-c4ccccc4)nn3[C@H](c3ccc(Cl)c(Cl)c3)[C@H]2C(=O)C1. The first kappa shape index (κ1) is 19.3. The number of carbonyl (C=O) groups excluding carboxylic acids is 1. The van der Waals surface area contributed by atoms with E-state index in [1.165, 1.54) is 0 Å². The van der Waals surface area contributed by atoms with Crippen LogP contribution in [0, 0.1) is 11.3 Å². The van der Waals surface area contributed by atoms with E-state index in [9.17, 15) is 4.79 Å². The topological polar surface area (TPSA) is 59.8 Å². The van der Waals surface area contributed by atoms with Gasteiger partial charge in [0.25, 0.3) is 0 Å². The molecule has 0 saturated heterocycles. The molecule has 0 radical (unpaired) electrons. The lowest BCUT2D eigenvalue weighted by molar-refractivity contribution is -0.125. The Kier molecular flexibility index (Phi) is 4.49. The molecule has 1 aliphatic carbocycles. The van der Waals surface area contributed by atoms with Gasteiger partial charge in [0, 0.05) is 17.7 Å². The molecule has 2 atom stereocenters. The van der Waals surface area contributed by atoms with Crippen molar-refractivity contribution in [3.05, 3.63) is 75.9 Å². The van der Waals surface area contributed by atoms with Crippen LogP contribution in [-0.2, 0) is 4.79 Å². The molecule has 0 bridgehead atoms. The van der Waals surface area contributed by atoms with Crippen LogP contribution in [0.15, 0.2) is 60.3 Å². The summed E-state index contributed by atoms with van der Waals surface area (Å²) in [5.41, 5.74) is 2.44. The van der Waals surface area contributed by atoms with E-state index in [-0.39, 0.29) is 23.2 Å². The Hall–Kier alpha value is -2.63. The normalized spacial score (nSPS) is 22.0. The number of nitrogens with one attached hydrogen (secondary N) is 1. The molecular weight excluding hydrogens is 419 g/mol. The highest BCUT2D eigenvalue weighted by Gasteiger charge is 2.45. The first-order chi connectivity index (χ1) is 14.3. The predicted octanol–water partition coefficient (Wildman–Crippen LogP) is 5.77. The first-order valence-electron chi connectivity index (χ1n) is 9.82. The fourth-order valence-corrected chi connectivity index (χ4v) is 4.67. The third-order valence-electron chi connectivity index (χ3n) is 5.64. The Bertz CT molecular complexity index is 1180. The molecule has 0 unspecified atom stereocenters. The molecule has 2 heterocycles. The van der Waals surface area contributed by atoms with Gasteiger partial charge in [-0.3, -0.25) is 4.79 Å². The molecule has 0 spiro atoms. The molecule has 3 aromatic rings. The summed E-state index contributed by atoms with van der Waals surface area (Å²) >= 11 is 12.5. The fourth-order valence-electron chi connectivity index (χ4n) is 4.37. The van der Waals surface area contributed by atoms with Gasteiger partial charge in [0.2, 0.25) is 5.95 Å². The lowest BCUT2D eigenvalue weighted by atomic mass is 9.72. The first-order valence-corrected chi connectivity index (χ1v) is 10.6. The van der Waals surface area contributed by atoms with Crippen LogP contribution in [0.5, 0.6) is 0 Å². The summed E-state index contributed by atoms with van der Waals surface area (Å²) < 4.78 is 1.81. The van der Waals surface area contributed by atoms with Crippen molar-refractivity contribution in [1.82, 2.24) is 14.8 Å². The third-order valence-corrected chi connectivity index (χ3v) is 6.38. The molecular formula is C23H20Cl2N4O. The summed E-state index contributed by atoms with van der Waals surface area (Å²) in [4.78, 5) is 18.0. The zero-order valence-corrected chi connectivity index (χ0v) is 18.1. The highest BCUT2D eigenvalue weighted by molar-refractivity contribution is 6.42. The number of anilines is 1. The lowest BCUT2D eigenvalue weighted by Gasteiger charge is -2.40. The van der Waals surface area contributed by atoms with E-state index in [0.717, 1.165) is 16.8 Å². The van der Waals surface area contributed by atoms with Crippen LogP contribution < -0.4 is 5.32 Å². The Labute approximate surface area is 184 Å². The smallest absolute Gasteiger partial charge is 0.226 e. The van der Waals surface area contributed by atoms with Crippen molar-refractivity contribution in [3.8, 4) is 11.4 Å². The zero-order valence-electron chi connectivity index (χ0n) is 16.6. The molecule has 0 saturated carbocycles. The summed E-state index contributed by atoms with van der Waals surface area (Å²) in [7, 11) is 0. The number of Topliss-reactive ketones (excluding diaryl/α,β-unsaturated/α-hetero) is 1. The minimum Gasteiger partial charge on any atom is -0.328 e. The number of fused-ring (bicyclic) bond motifs is 2. The van der Waals surface area contributed by atoms with Crippen molar-refractivity contribution in [2.24, 2.45) is 11.3 Å². The molecule has 152 valence electrons. The van der Waals surface area contributed by atoms with Crippen LogP contribution >= 0.6 is 23.2 Å². The van der Waals surface area contributed by atoms with Crippen molar-refractivity contribution in [3.63, 3.8) is 0 Å². The Morgan fingerprint density at radius 2 is 1.87 bits per heavy atom. The van der Waals surface area contributed by atoms with E-state index in [4.69, 9.17) is 33.3 Å². The highest BCUT2D eigenvalue weighted by atomic mass is 35.5. The summed E-state index contributed by atoms with van der Waals surface area (Å²) in [6.07, 6.45) is 2.61.